The first-order valence-corrected chi connectivity index (χ1v) is 11.3. The molecule has 32 heavy (non-hydrogen) atoms. The summed E-state index contributed by atoms with van der Waals surface area (Å²) in [6, 6.07) is 6.01. The number of hydrogen-bond donors (Lipinski definition) is 3. The number of benzene rings is 1. The number of fused-ring (bicyclic) bond motifs is 3. The molecular weight excluding hydrogens is 410 g/mol. The summed E-state index contributed by atoms with van der Waals surface area (Å²) in [7, 11) is 1.59. The predicted octanol–water partition coefficient (Wildman–Crippen LogP) is 4.79. The predicted molar refractivity (Wildman–Crippen MR) is 124 cm³/mol. The minimum atomic E-state index is -0.250. The van der Waals surface area contributed by atoms with Crippen LogP contribution < -0.4 is 10.1 Å². The van der Waals surface area contributed by atoms with Gasteiger partial charge in [-0.05, 0) is 48.9 Å². The Hall–Kier alpha value is -2.87. The molecule has 176 valence electrons. The van der Waals surface area contributed by atoms with Crippen LogP contribution in [0.3, 0.4) is 0 Å². The molecule has 0 radical (unpaired) electrons. The first-order chi connectivity index (χ1) is 15.6. The van der Waals surface area contributed by atoms with Gasteiger partial charge < -0.3 is 25.0 Å². The number of nitrogens with one attached hydrogen (secondary N) is 1. The van der Waals surface area contributed by atoms with Gasteiger partial charge in [0.2, 0.25) is 0 Å². The second kappa shape index (κ2) is 13.5. The molecule has 0 bridgehead atoms. The van der Waals surface area contributed by atoms with Crippen molar-refractivity contribution in [1.29, 1.82) is 0 Å². The van der Waals surface area contributed by atoms with Gasteiger partial charge in [-0.2, -0.15) is 0 Å². The third-order valence-electron chi connectivity index (χ3n) is 5.51. The number of aromatic nitrogens is 2. The van der Waals surface area contributed by atoms with Crippen molar-refractivity contribution in [2.45, 2.75) is 71.4 Å². The van der Waals surface area contributed by atoms with Crippen molar-refractivity contribution in [3.8, 4) is 22.8 Å². The number of phenols is 1. The van der Waals surface area contributed by atoms with Gasteiger partial charge in [0.25, 0.3) is 6.47 Å². The number of rotatable bonds is 8. The summed E-state index contributed by atoms with van der Waals surface area (Å²) in [5.74, 6) is 1.56. The topological polar surface area (TPSA) is 114 Å². The lowest BCUT2D eigenvalue weighted by Gasteiger charge is -2.19. The number of methoxy groups -OCH3 is 1. The van der Waals surface area contributed by atoms with Crippen LogP contribution >= 0.6 is 0 Å². The zero-order valence-corrected chi connectivity index (χ0v) is 19.3. The van der Waals surface area contributed by atoms with Crippen LogP contribution in [0.5, 0.6) is 11.5 Å². The molecule has 0 spiro atoms. The van der Waals surface area contributed by atoms with Gasteiger partial charge in [-0.15, -0.1) is 10.2 Å². The fourth-order valence-corrected chi connectivity index (χ4v) is 3.84. The average Bonchev–Trinajstić information content (AvgIpc) is 2.87. The van der Waals surface area contributed by atoms with E-state index in [4.69, 9.17) is 19.4 Å². The van der Waals surface area contributed by atoms with Crippen molar-refractivity contribution in [3.05, 3.63) is 29.3 Å². The molecule has 1 aliphatic heterocycles. The van der Waals surface area contributed by atoms with Crippen LogP contribution in [0.1, 0.15) is 63.5 Å². The number of unbranched alkanes of at least 4 members (excludes halogenated alkanes) is 2. The number of ether oxygens (including phenoxy) is 2. The lowest BCUT2D eigenvalue weighted by atomic mass is 9.97. The maximum absolute atomic E-state index is 10.7. The van der Waals surface area contributed by atoms with Crippen LogP contribution in [0.25, 0.3) is 11.3 Å². The van der Waals surface area contributed by atoms with Crippen molar-refractivity contribution >= 4 is 12.3 Å². The normalized spacial score (nSPS) is 13.7. The van der Waals surface area contributed by atoms with E-state index in [2.05, 4.69) is 35.4 Å². The Balaban J connectivity index is 0.00000114. The number of carboxylic acid groups (broad SMARTS) is 1. The quantitative estimate of drug-likeness (QED) is 0.392. The summed E-state index contributed by atoms with van der Waals surface area (Å²) in [5.41, 5.74) is 3.37. The summed E-state index contributed by atoms with van der Waals surface area (Å²) in [5, 5.41) is 30.1. The average molecular weight is 446 g/mol. The molecule has 1 aromatic carbocycles. The van der Waals surface area contributed by atoms with Gasteiger partial charge in [0.15, 0.2) is 0 Å². The molecule has 8 heteroatoms. The van der Waals surface area contributed by atoms with Gasteiger partial charge >= 0.3 is 0 Å². The van der Waals surface area contributed by atoms with E-state index in [9.17, 15) is 5.11 Å². The molecule has 0 saturated heterocycles. The van der Waals surface area contributed by atoms with E-state index < -0.39 is 0 Å². The highest BCUT2D eigenvalue weighted by Gasteiger charge is 2.21. The van der Waals surface area contributed by atoms with Crippen LogP contribution in [0.2, 0.25) is 0 Å². The molecule has 0 aliphatic carbocycles. The number of aryl methyl sites for hydroxylation is 1. The summed E-state index contributed by atoms with van der Waals surface area (Å²) >= 11 is 0. The summed E-state index contributed by atoms with van der Waals surface area (Å²) < 4.78 is 11.1. The first-order valence-electron chi connectivity index (χ1n) is 11.3. The second-order valence-electron chi connectivity index (χ2n) is 7.79. The Morgan fingerprint density at radius 1 is 1.22 bits per heavy atom. The third-order valence-corrected chi connectivity index (χ3v) is 5.51. The zero-order valence-electron chi connectivity index (χ0n) is 19.3. The van der Waals surface area contributed by atoms with E-state index >= 15 is 0 Å². The monoisotopic (exact) mass is 445 g/mol. The first kappa shape index (κ1) is 25.4. The second-order valence-corrected chi connectivity index (χ2v) is 7.79. The Morgan fingerprint density at radius 2 is 2.00 bits per heavy atom. The smallest absolute Gasteiger partial charge is 0.290 e. The van der Waals surface area contributed by atoms with Crippen molar-refractivity contribution < 1.29 is 24.5 Å². The standard InChI is InChI=1S/C23H33N3O3.CH2O2/c1-4-6-7-10-18(5-2)24-21-13-16-9-8-11-29-15-17-12-19(28-3)14-20(27)22(17)23(16)26-25-21;2-1-3/h12-14,18,27H,4-11,15H2,1-3H3,(H,24,25);1H,(H,2,3)/t18-;/m0./s1. The number of phenolic OH excluding ortho intramolecular Hbond substituents is 1. The molecule has 3 N–H and O–H groups in total. The van der Waals surface area contributed by atoms with Gasteiger partial charge in [-0.1, -0.05) is 33.1 Å². The Bertz CT molecular complexity index is 860. The summed E-state index contributed by atoms with van der Waals surface area (Å²) in [6.45, 7) is 5.25. The molecule has 1 aromatic heterocycles. The maximum atomic E-state index is 10.7. The molecule has 1 aliphatic rings. The highest BCUT2D eigenvalue weighted by atomic mass is 16.5. The Labute approximate surface area is 190 Å². The molecule has 1 atom stereocenters. The number of anilines is 1. The zero-order chi connectivity index (χ0) is 23.3. The largest absolute Gasteiger partial charge is 0.507 e. The molecule has 0 amide bonds. The van der Waals surface area contributed by atoms with E-state index in [1.807, 2.05) is 6.07 Å². The number of aromatic hydroxyl groups is 1. The van der Waals surface area contributed by atoms with Crippen LogP contribution in [-0.2, 0) is 22.6 Å². The van der Waals surface area contributed by atoms with Gasteiger partial charge in [0.05, 0.1) is 13.7 Å². The number of hydrogen-bond acceptors (Lipinski definition) is 7. The molecule has 3 rings (SSSR count). The lowest BCUT2D eigenvalue weighted by molar-refractivity contribution is -0.122. The molecule has 8 nitrogen and oxygen atoms in total. The maximum Gasteiger partial charge on any atom is 0.290 e. The van der Waals surface area contributed by atoms with E-state index in [0.717, 1.165) is 48.3 Å². The van der Waals surface area contributed by atoms with Crippen LogP contribution in [0.15, 0.2) is 18.2 Å². The fourth-order valence-electron chi connectivity index (χ4n) is 3.84. The van der Waals surface area contributed by atoms with E-state index in [1.165, 1.54) is 19.3 Å². The van der Waals surface area contributed by atoms with E-state index in [1.54, 1.807) is 13.2 Å². The van der Waals surface area contributed by atoms with E-state index in [0.29, 0.717) is 30.6 Å². The SMILES string of the molecule is CCCCC[C@H](CC)Nc1cc2c(nn1)-c1c(O)cc(OC)cc1COCCC2.O=CO. The minimum absolute atomic E-state index is 0.145. The third kappa shape index (κ3) is 7.09. The highest BCUT2D eigenvalue weighted by molar-refractivity contribution is 5.75. The summed E-state index contributed by atoms with van der Waals surface area (Å²) in [4.78, 5) is 8.36. The fraction of sp³-hybridized carbons (Fsp3) is 0.542. The van der Waals surface area contributed by atoms with Crippen molar-refractivity contribution in [2.75, 3.05) is 19.0 Å². The Kier molecular flexibility index (Phi) is 10.7. The van der Waals surface area contributed by atoms with Crippen molar-refractivity contribution in [2.24, 2.45) is 0 Å². The molecular formula is C24H35N3O5. The molecule has 2 heterocycles. The molecule has 0 fully saturated rings. The Morgan fingerprint density at radius 3 is 2.69 bits per heavy atom. The molecule has 0 unspecified atom stereocenters. The van der Waals surface area contributed by atoms with Crippen LogP contribution in [0.4, 0.5) is 5.82 Å². The van der Waals surface area contributed by atoms with Crippen molar-refractivity contribution in [3.63, 3.8) is 0 Å². The van der Waals surface area contributed by atoms with Crippen LogP contribution in [-0.4, -0.2) is 46.6 Å². The van der Waals surface area contributed by atoms with Gasteiger partial charge in [0, 0.05) is 24.3 Å². The minimum Gasteiger partial charge on any atom is -0.507 e. The van der Waals surface area contributed by atoms with Gasteiger partial charge in [0.1, 0.15) is 23.0 Å². The van der Waals surface area contributed by atoms with E-state index in [-0.39, 0.29) is 12.2 Å². The lowest BCUT2D eigenvalue weighted by Crippen LogP contribution is -2.19. The highest BCUT2D eigenvalue weighted by Crippen LogP contribution is 2.38. The van der Waals surface area contributed by atoms with Gasteiger partial charge in [-0.25, -0.2) is 0 Å². The number of carbonyl (C=O) groups is 1. The molecule has 0 saturated carbocycles. The van der Waals surface area contributed by atoms with Crippen molar-refractivity contribution in [1.82, 2.24) is 10.2 Å². The van der Waals surface area contributed by atoms with Crippen LogP contribution in [0, 0.1) is 0 Å². The van der Waals surface area contributed by atoms with Gasteiger partial charge in [-0.3, -0.25) is 4.79 Å². The summed E-state index contributed by atoms with van der Waals surface area (Å²) in [6.07, 6.45) is 7.63. The number of nitrogens with zero attached hydrogens (tertiary/aromatic N) is 2. The molecule has 2 aromatic rings.